The van der Waals surface area contributed by atoms with Crippen LogP contribution in [0.1, 0.15) is 16.7 Å². The SMILES string of the molecule is Cc1ccc2c(c1)Oc1ccccc1C(N1CCN(C(=O)OCc3ccccc3)CC1)=N2. The minimum absolute atomic E-state index is 0.277. The molecule has 0 unspecified atom stereocenters. The Hall–Kier alpha value is -3.80. The van der Waals surface area contributed by atoms with Gasteiger partial charge in [0.15, 0.2) is 5.75 Å². The van der Waals surface area contributed by atoms with Crippen LogP contribution in [0.2, 0.25) is 0 Å². The number of aryl methyl sites for hydroxylation is 1. The predicted molar refractivity (Wildman–Crippen MR) is 124 cm³/mol. The fraction of sp³-hybridized carbons (Fsp3) is 0.231. The topological polar surface area (TPSA) is 54.4 Å². The summed E-state index contributed by atoms with van der Waals surface area (Å²) in [6.45, 7) is 4.84. The van der Waals surface area contributed by atoms with Crippen molar-refractivity contribution in [3.8, 4) is 11.5 Å². The average Bonchev–Trinajstić information content (AvgIpc) is 2.99. The van der Waals surface area contributed by atoms with Crippen LogP contribution >= 0.6 is 0 Å². The second-order valence-corrected chi connectivity index (χ2v) is 8.02. The van der Waals surface area contributed by atoms with E-state index in [1.165, 1.54) is 0 Å². The number of para-hydroxylation sites is 1. The highest BCUT2D eigenvalue weighted by Gasteiger charge is 2.28. The molecule has 2 heterocycles. The minimum atomic E-state index is -0.277. The van der Waals surface area contributed by atoms with Crippen molar-refractivity contribution in [2.75, 3.05) is 26.2 Å². The maximum absolute atomic E-state index is 12.5. The first-order valence-corrected chi connectivity index (χ1v) is 10.8. The Kier molecular flexibility index (Phi) is 5.50. The lowest BCUT2D eigenvalue weighted by molar-refractivity contribution is 0.0826. The lowest BCUT2D eigenvalue weighted by Gasteiger charge is -2.36. The highest BCUT2D eigenvalue weighted by Crippen LogP contribution is 2.38. The van der Waals surface area contributed by atoms with Gasteiger partial charge in [-0.2, -0.15) is 0 Å². The van der Waals surface area contributed by atoms with Gasteiger partial charge in [0.25, 0.3) is 0 Å². The summed E-state index contributed by atoms with van der Waals surface area (Å²) < 4.78 is 11.7. The van der Waals surface area contributed by atoms with Crippen LogP contribution in [0.4, 0.5) is 10.5 Å². The van der Waals surface area contributed by atoms with Gasteiger partial charge < -0.3 is 19.3 Å². The normalized spacial score (nSPS) is 15.1. The molecule has 6 heteroatoms. The number of hydrogen-bond acceptors (Lipinski definition) is 5. The number of fused-ring (bicyclic) bond motifs is 2. The Balaban J connectivity index is 1.31. The summed E-state index contributed by atoms with van der Waals surface area (Å²) >= 11 is 0. The fourth-order valence-corrected chi connectivity index (χ4v) is 3.98. The lowest BCUT2D eigenvalue weighted by Crippen LogP contribution is -2.50. The van der Waals surface area contributed by atoms with Gasteiger partial charge in [-0.1, -0.05) is 48.5 Å². The standard InChI is InChI=1S/C26H25N3O3/c1-19-11-12-22-24(17-19)32-23-10-6-5-9-21(23)25(27-22)28-13-15-29(16-14-28)26(30)31-18-20-7-3-2-4-8-20/h2-12,17H,13-16,18H2,1H3. The van der Waals surface area contributed by atoms with E-state index >= 15 is 0 Å². The largest absolute Gasteiger partial charge is 0.454 e. The molecule has 1 fully saturated rings. The molecule has 0 saturated carbocycles. The van der Waals surface area contributed by atoms with Gasteiger partial charge >= 0.3 is 6.09 Å². The fourth-order valence-electron chi connectivity index (χ4n) is 3.98. The lowest BCUT2D eigenvalue weighted by atomic mass is 10.1. The molecule has 0 aromatic heterocycles. The molecule has 2 aliphatic heterocycles. The second-order valence-electron chi connectivity index (χ2n) is 8.02. The van der Waals surface area contributed by atoms with Gasteiger partial charge in [0.05, 0.1) is 5.56 Å². The van der Waals surface area contributed by atoms with Crippen molar-refractivity contribution in [1.29, 1.82) is 0 Å². The molecule has 32 heavy (non-hydrogen) atoms. The van der Waals surface area contributed by atoms with Crippen molar-refractivity contribution >= 4 is 17.6 Å². The Morgan fingerprint density at radius 3 is 2.50 bits per heavy atom. The molecule has 162 valence electrons. The van der Waals surface area contributed by atoms with Crippen molar-refractivity contribution in [3.05, 3.63) is 89.5 Å². The van der Waals surface area contributed by atoms with E-state index in [4.69, 9.17) is 14.5 Å². The quantitative estimate of drug-likeness (QED) is 0.569. The van der Waals surface area contributed by atoms with Crippen LogP contribution in [0, 0.1) is 6.92 Å². The maximum Gasteiger partial charge on any atom is 0.410 e. The minimum Gasteiger partial charge on any atom is -0.454 e. The molecule has 3 aromatic carbocycles. The number of amides is 1. The first kappa shape index (κ1) is 20.1. The Bertz CT molecular complexity index is 1150. The first-order valence-electron chi connectivity index (χ1n) is 10.8. The number of piperazine rings is 1. The average molecular weight is 428 g/mol. The highest BCUT2D eigenvalue weighted by molar-refractivity contribution is 6.03. The number of ether oxygens (including phenoxy) is 2. The summed E-state index contributed by atoms with van der Waals surface area (Å²) in [4.78, 5) is 21.5. The Morgan fingerprint density at radius 2 is 1.69 bits per heavy atom. The third-order valence-corrected chi connectivity index (χ3v) is 5.73. The highest BCUT2D eigenvalue weighted by atomic mass is 16.6. The predicted octanol–water partition coefficient (Wildman–Crippen LogP) is 5.13. The van der Waals surface area contributed by atoms with E-state index < -0.39 is 0 Å². The Morgan fingerprint density at radius 1 is 0.938 bits per heavy atom. The van der Waals surface area contributed by atoms with Gasteiger partial charge in [0, 0.05) is 26.2 Å². The van der Waals surface area contributed by atoms with Crippen LogP contribution in [0.5, 0.6) is 11.5 Å². The molecule has 5 rings (SSSR count). The van der Waals surface area contributed by atoms with Crippen LogP contribution in [0.25, 0.3) is 0 Å². The molecule has 6 nitrogen and oxygen atoms in total. The van der Waals surface area contributed by atoms with Gasteiger partial charge in [0.2, 0.25) is 0 Å². The number of carbonyl (C=O) groups is 1. The summed E-state index contributed by atoms with van der Waals surface area (Å²) in [5.74, 6) is 2.43. The van der Waals surface area contributed by atoms with Gasteiger partial charge in [0.1, 0.15) is 23.9 Å². The van der Waals surface area contributed by atoms with E-state index in [0.29, 0.717) is 26.2 Å². The zero-order chi connectivity index (χ0) is 21.9. The number of benzene rings is 3. The summed E-state index contributed by atoms with van der Waals surface area (Å²) in [5, 5.41) is 0. The third kappa shape index (κ3) is 4.17. The molecular formula is C26H25N3O3. The molecule has 1 saturated heterocycles. The van der Waals surface area contributed by atoms with Crippen molar-refractivity contribution in [2.24, 2.45) is 4.99 Å². The van der Waals surface area contributed by atoms with E-state index in [1.807, 2.05) is 79.7 Å². The molecular weight excluding hydrogens is 402 g/mol. The van der Waals surface area contributed by atoms with Crippen LogP contribution in [-0.2, 0) is 11.3 Å². The summed E-state index contributed by atoms with van der Waals surface area (Å²) in [5.41, 5.74) is 3.88. The molecule has 0 atom stereocenters. The van der Waals surface area contributed by atoms with E-state index in [0.717, 1.165) is 39.7 Å². The summed E-state index contributed by atoms with van der Waals surface area (Å²) in [6.07, 6.45) is -0.277. The number of aliphatic imine (C=N–C) groups is 1. The van der Waals surface area contributed by atoms with E-state index in [-0.39, 0.29) is 12.7 Å². The van der Waals surface area contributed by atoms with Gasteiger partial charge in [-0.3, -0.25) is 0 Å². The van der Waals surface area contributed by atoms with E-state index in [1.54, 1.807) is 4.90 Å². The van der Waals surface area contributed by atoms with E-state index in [9.17, 15) is 4.79 Å². The third-order valence-electron chi connectivity index (χ3n) is 5.73. The number of rotatable bonds is 2. The number of hydrogen-bond donors (Lipinski definition) is 0. The first-order chi connectivity index (χ1) is 15.7. The number of nitrogens with zero attached hydrogens (tertiary/aromatic N) is 3. The Labute approximate surface area is 187 Å². The van der Waals surface area contributed by atoms with Gasteiger partial charge in [-0.25, -0.2) is 9.79 Å². The van der Waals surface area contributed by atoms with Gasteiger partial charge in [-0.15, -0.1) is 0 Å². The van der Waals surface area contributed by atoms with Crippen LogP contribution in [-0.4, -0.2) is 47.9 Å². The zero-order valence-corrected chi connectivity index (χ0v) is 18.0. The van der Waals surface area contributed by atoms with Crippen LogP contribution in [0.3, 0.4) is 0 Å². The smallest absolute Gasteiger partial charge is 0.410 e. The molecule has 2 aliphatic rings. The molecule has 1 amide bonds. The number of carbonyl (C=O) groups excluding carboxylic acids is 1. The zero-order valence-electron chi connectivity index (χ0n) is 18.0. The molecule has 0 aliphatic carbocycles. The molecule has 0 spiro atoms. The van der Waals surface area contributed by atoms with Crippen LogP contribution < -0.4 is 4.74 Å². The van der Waals surface area contributed by atoms with Crippen molar-refractivity contribution in [3.63, 3.8) is 0 Å². The van der Waals surface area contributed by atoms with E-state index in [2.05, 4.69) is 4.90 Å². The van der Waals surface area contributed by atoms with Crippen molar-refractivity contribution in [2.45, 2.75) is 13.5 Å². The summed E-state index contributed by atoms with van der Waals surface area (Å²) in [7, 11) is 0. The van der Waals surface area contributed by atoms with Crippen LogP contribution in [0.15, 0.2) is 77.8 Å². The molecule has 0 bridgehead atoms. The second kappa shape index (κ2) is 8.75. The summed E-state index contributed by atoms with van der Waals surface area (Å²) in [6, 6.07) is 23.8. The number of amidine groups is 1. The van der Waals surface area contributed by atoms with Crippen molar-refractivity contribution in [1.82, 2.24) is 9.80 Å². The van der Waals surface area contributed by atoms with Gasteiger partial charge in [-0.05, 0) is 42.3 Å². The maximum atomic E-state index is 12.5. The monoisotopic (exact) mass is 427 g/mol. The molecule has 0 radical (unpaired) electrons. The molecule has 3 aromatic rings. The molecule has 0 N–H and O–H groups in total. The van der Waals surface area contributed by atoms with Crippen molar-refractivity contribution < 1.29 is 14.3 Å².